The van der Waals surface area contributed by atoms with Crippen molar-refractivity contribution in [1.82, 2.24) is 4.90 Å². The molecule has 0 spiro atoms. The first-order chi connectivity index (χ1) is 5.74. The third-order valence-corrected chi connectivity index (χ3v) is 2.01. The summed E-state index contributed by atoms with van der Waals surface area (Å²) in [5, 5.41) is 0. The zero-order chi connectivity index (χ0) is 8.97. The molecule has 0 unspecified atom stereocenters. The Balaban J connectivity index is 2.69. The first-order valence-electron chi connectivity index (χ1n) is 4.17. The van der Waals surface area contributed by atoms with Crippen molar-refractivity contribution >= 4 is 0 Å². The normalized spacial score (nSPS) is 10.7. The summed E-state index contributed by atoms with van der Waals surface area (Å²) in [6, 6.07) is 8.38. The summed E-state index contributed by atoms with van der Waals surface area (Å²) < 4.78 is 0. The summed E-state index contributed by atoms with van der Waals surface area (Å²) in [6.07, 6.45) is 0. The van der Waals surface area contributed by atoms with Crippen LogP contribution in [0.2, 0.25) is 0 Å². The van der Waals surface area contributed by atoms with E-state index in [1.807, 2.05) is 7.05 Å². The molecule has 0 amide bonds. The Bertz CT molecular complexity index is 245. The molecule has 0 aromatic heterocycles. The highest BCUT2D eigenvalue weighted by Crippen LogP contribution is 2.08. The van der Waals surface area contributed by atoms with E-state index in [1.165, 1.54) is 11.1 Å². The molecule has 1 aromatic rings. The van der Waals surface area contributed by atoms with Crippen molar-refractivity contribution in [3.8, 4) is 0 Å². The average Bonchev–Trinajstić information content (AvgIpc) is 2.09. The number of rotatable bonds is 3. The Morgan fingerprint density at radius 2 is 2.00 bits per heavy atom. The molecule has 1 rings (SSSR count). The molecule has 0 fully saturated rings. The second-order valence-electron chi connectivity index (χ2n) is 3.12. The van der Waals surface area contributed by atoms with E-state index < -0.39 is 0 Å². The number of hydrogen-bond acceptors (Lipinski definition) is 2. The van der Waals surface area contributed by atoms with E-state index in [0.717, 1.165) is 6.54 Å². The minimum atomic E-state index is 0.605. The lowest BCUT2D eigenvalue weighted by Crippen LogP contribution is -2.25. The van der Waals surface area contributed by atoms with Crippen molar-refractivity contribution < 1.29 is 0 Å². The van der Waals surface area contributed by atoms with Crippen LogP contribution < -0.4 is 5.73 Å². The molecule has 66 valence electrons. The maximum Gasteiger partial charge on any atom is 0.0455 e. The van der Waals surface area contributed by atoms with Gasteiger partial charge in [-0.2, -0.15) is 0 Å². The third-order valence-electron chi connectivity index (χ3n) is 2.01. The van der Waals surface area contributed by atoms with Gasteiger partial charge < -0.3 is 5.73 Å². The van der Waals surface area contributed by atoms with Gasteiger partial charge in [-0.15, -0.1) is 0 Å². The van der Waals surface area contributed by atoms with Gasteiger partial charge in [0.1, 0.15) is 0 Å². The summed E-state index contributed by atoms with van der Waals surface area (Å²) in [4.78, 5) is 2.09. The minimum absolute atomic E-state index is 0.605. The molecule has 2 nitrogen and oxygen atoms in total. The molecule has 12 heavy (non-hydrogen) atoms. The molecule has 0 saturated carbocycles. The number of nitrogens with two attached hydrogens (primary N) is 1. The smallest absolute Gasteiger partial charge is 0.0455 e. The standard InChI is InChI=1S/C10H16N2/c1-9-5-3-4-6-10(9)7-12(2)8-11/h3-6H,7-8,11H2,1-2H3. The molecule has 0 saturated heterocycles. The van der Waals surface area contributed by atoms with Crippen LogP contribution in [0.4, 0.5) is 0 Å². The zero-order valence-electron chi connectivity index (χ0n) is 7.75. The summed E-state index contributed by atoms with van der Waals surface area (Å²) in [5.74, 6) is 0. The Morgan fingerprint density at radius 3 is 2.58 bits per heavy atom. The van der Waals surface area contributed by atoms with E-state index in [-0.39, 0.29) is 0 Å². The summed E-state index contributed by atoms with van der Waals surface area (Å²) in [5.41, 5.74) is 8.18. The Hall–Kier alpha value is -0.860. The fourth-order valence-electron chi connectivity index (χ4n) is 1.14. The van der Waals surface area contributed by atoms with Crippen LogP contribution in [0.15, 0.2) is 24.3 Å². The molecule has 0 heterocycles. The molecular formula is C10H16N2. The number of aryl methyl sites for hydroxylation is 1. The van der Waals surface area contributed by atoms with Crippen LogP contribution in [-0.2, 0) is 6.54 Å². The SMILES string of the molecule is Cc1ccccc1CN(C)CN. The van der Waals surface area contributed by atoms with Gasteiger partial charge in [-0.05, 0) is 25.1 Å². The average molecular weight is 164 g/mol. The predicted octanol–water partition coefficient (Wildman–Crippen LogP) is 1.34. The van der Waals surface area contributed by atoms with Crippen molar-refractivity contribution in [2.45, 2.75) is 13.5 Å². The van der Waals surface area contributed by atoms with E-state index in [2.05, 4.69) is 36.1 Å². The van der Waals surface area contributed by atoms with E-state index in [0.29, 0.717) is 6.67 Å². The number of nitrogens with zero attached hydrogens (tertiary/aromatic N) is 1. The van der Waals surface area contributed by atoms with Crippen molar-refractivity contribution in [1.29, 1.82) is 0 Å². The van der Waals surface area contributed by atoms with E-state index >= 15 is 0 Å². The highest BCUT2D eigenvalue weighted by atomic mass is 15.1. The van der Waals surface area contributed by atoms with Crippen LogP contribution in [-0.4, -0.2) is 18.6 Å². The van der Waals surface area contributed by atoms with E-state index in [1.54, 1.807) is 0 Å². The Morgan fingerprint density at radius 1 is 1.33 bits per heavy atom. The fourth-order valence-corrected chi connectivity index (χ4v) is 1.14. The number of hydrogen-bond donors (Lipinski definition) is 1. The van der Waals surface area contributed by atoms with E-state index in [9.17, 15) is 0 Å². The predicted molar refractivity (Wildman–Crippen MR) is 51.7 cm³/mol. The molecule has 0 aliphatic carbocycles. The lowest BCUT2D eigenvalue weighted by molar-refractivity contribution is 0.336. The molecule has 0 aliphatic heterocycles. The molecule has 0 bridgehead atoms. The maximum absolute atomic E-state index is 5.50. The highest BCUT2D eigenvalue weighted by Gasteiger charge is 1.99. The second kappa shape index (κ2) is 4.24. The van der Waals surface area contributed by atoms with Crippen molar-refractivity contribution in [3.05, 3.63) is 35.4 Å². The van der Waals surface area contributed by atoms with Gasteiger partial charge in [-0.25, -0.2) is 0 Å². The van der Waals surface area contributed by atoms with Crippen molar-refractivity contribution in [3.63, 3.8) is 0 Å². The quantitative estimate of drug-likeness (QED) is 0.683. The lowest BCUT2D eigenvalue weighted by atomic mass is 10.1. The minimum Gasteiger partial charge on any atom is -0.318 e. The van der Waals surface area contributed by atoms with Crippen molar-refractivity contribution in [2.75, 3.05) is 13.7 Å². The fraction of sp³-hybridized carbons (Fsp3) is 0.400. The van der Waals surface area contributed by atoms with Gasteiger partial charge in [-0.1, -0.05) is 24.3 Å². The molecule has 0 radical (unpaired) electrons. The third kappa shape index (κ3) is 2.32. The molecular weight excluding hydrogens is 148 g/mol. The summed E-state index contributed by atoms with van der Waals surface area (Å²) in [6.45, 7) is 3.66. The second-order valence-corrected chi connectivity index (χ2v) is 3.12. The first-order valence-corrected chi connectivity index (χ1v) is 4.17. The van der Waals surface area contributed by atoms with Gasteiger partial charge in [0.2, 0.25) is 0 Å². The van der Waals surface area contributed by atoms with Gasteiger partial charge in [-0.3, -0.25) is 4.90 Å². The zero-order valence-corrected chi connectivity index (χ0v) is 7.75. The van der Waals surface area contributed by atoms with Crippen LogP contribution >= 0.6 is 0 Å². The summed E-state index contributed by atoms with van der Waals surface area (Å²) in [7, 11) is 2.02. The van der Waals surface area contributed by atoms with Crippen LogP contribution in [0.3, 0.4) is 0 Å². The van der Waals surface area contributed by atoms with Gasteiger partial charge in [0.15, 0.2) is 0 Å². The topological polar surface area (TPSA) is 29.3 Å². The largest absolute Gasteiger partial charge is 0.318 e. The Kier molecular flexibility index (Phi) is 3.26. The van der Waals surface area contributed by atoms with Crippen LogP contribution in [0, 0.1) is 6.92 Å². The van der Waals surface area contributed by atoms with Crippen molar-refractivity contribution in [2.24, 2.45) is 5.73 Å². The molecule has 1 aromatic carbocycles. The van der Waals surface area contributed by atoms with Gasteiger partial charge in [0.05, 0.1) is 0 Å². The molecule has 2 heteroatoms. The van der Waals surface area contributed by atoms with E-state index in [4.69, 9.17) is 5.73 Å². The van der Waals surface area contributed by atoms with Crippen LogP contribution in [0.25, 0.3) is 0 Å². The van der Waals surface area contributed by atoms with Gasteiger partial charge in [0.25, 0.3) is 0 Å². The van der Waals surface area contributed by atoms with Gasteiger partial charge in [0, 0.05) is 13.2 Å². The van der Waals surface area contributed by atoms with Crippen LogP contribution in [0.5, 0.6) is 0 Å². The number of benzene rings is 1. The van der Waals surface area contributed by atoms with Gasteiger partial charge >= 0.3 is 0 Å². The van der Waals surface area contributed by atoms with Crippen LogP contribution in [0.1, 0.15) is 11.1 Å². The first kappa shape index (κ1) is 9.23. The monoisotopic (exact) mass is 164 g/mol. The molecule has 0 aliphatic rings. The lowest BCUT2D eigenvalue weighted by Gasteiger charge is -2.14. The molecule has 2 N–H and O–H groups in total. The summed E-state index contributed by atoms with van der Waals surface area (Å²) >= 11 is 0. The maximum atomic E-state index is 5.50. The Labute approximate surface area is 74.0 Å². The molecule has 0 atom stereocenters. The highest BCUT2D eigenvalue weighted by molar-refractivity contribution is 5.25.